The highest BCUT2D eigenvalue weighted by Crippen LogP contribution is 2.44. The number of rotatable bonds is 4. The molecule has 0 amide bonds. The van der Waals surface area contributed by atoms with Gasteiger partial charge in [0, 0.05) is 17.5 Å². The van der Waals surface area contributed by atoms with Gasteiger partial charge in [-0.3, -0.25) is 4.18 Å². The fourth-order valence-corrected chi connectivity index (χ4v) is 3.70. The minimum Gasteiger partial charge on any atom is -0.493 e. The third kappa shape index (κ3) is 2.80. The smallest absolute Gasteiger partial charge is 0.297 e. The molecule has 0 saturated heterocycles. The van der Waals surface area contributed by atoms with E-state index in [0.717, 1.165) is 18.2 Å². The van der Waals surface area contributed by atoms with E-state index in [1.54, 1.807) is 19.2 Å². The van der Waals surface area contributed by atoms with Crippen LogP contribution in [0.25, 0.3) is 0 Å². The van der Waals surface area contributed by atoms with Gasteiger partial charge in [-0.05, 0) is 19.1 Å². The second kappa shape index (κ2) is 5.86. The van der Waals surface area contributed by atoms with Gasteiger partial charge in [0.15, 0.2) is 11.5 Å². The van der Waals surface area contributed by atoms with Crippen LogP contribution in [0.5, 0.6) is 11.5 Å². The van der Waals surface area contributed by atoms with Gasteiger partial charge in [0.2, 0.25) is 0 Å². The zero-order chi connectivity index (χ0) is 16.6. The van der Waals surface area contributed by atoms with Gasteiger partial charge < -0.3 is 9.47 Å². The molecule has 6 heteroatoms. The lowest BCUT2D eigenvalue weighted by atomic mass is 10.0. The summed E-state index contributed by atoms with van der Waals surface area (Å²) < 4.78 is 40.4. The number of fused-ring (bicyclic) bond motifs is 1. The minimum atomic E-state index is -3.80. The molecule has 0 radical (unpaired) electrons. The second-order valence-corrected chi connectivity index (χ2v) is 7.10. The SMILES string of the molecule is COc1cccc2c1OC(c1cc(C)ccc1S(=O)(=O)OC)C2. The fourth-order valence-electron chi connectivity index (χ4n) is 2.81. The molecule has 122 valence electrons. The van der Waals surface area contributed by atoms with Gasteiger partial charge in [-0.25, -0.2) is 0 Å². The first kappa shape index (κ1) is 15.8. The topological polar surface area (TPSA) is 61.8 Å². The Kier molecular flexibility index (Phi) is 4.04. The van der Waals surface area contributed by atoms with Crippen LogP contribution in [0.3, 0.4) is 0 Å². The fraction of sp³-hybridized carbons (Fsp3) is 0.294. The summed E-state index contributed by atoms with van der Waals surface area (Å²) in [5.41, 5.74) is 2.56. The molecule has 1 aliphatic rings. The van der Waals surface area contributed by atoms with Crippen molar-refractivity contribution in [1.29, 1.82) is 0 Å². The number of para-hydroxylation sites is 1. The Hall–Kier alpha value is -2.05. The van der Waals surface area contributed by atoms with E-state index in [9.17, 15) is 8.42 Å². The molecule has 5 nitrogen and oxygen atoms in total. The monoisotopic (exact) mass is 334 g/mol. The molecular formula is C17H18O5S. The Morgan fingerprint density at radius 1 is 1.17 bits per heavy atom. The van der Waals surface area contributed by atoms with E-state index >= 15 is 0 Å². The first-order valence-corrected chi connectivity index (χ1v) is 8.61. The maximum absolute atomic E-state index is 12.2. The molecule has 1 heterocycles. The lowest BCUT2D eigenvalue weighted by Crippen LogP contribution is -2.12. The molecule has 2 aromatic carbocycles. The van der Waals surface area contributed by atoms with Gasteiger partial charge in [-0.2, -0.15) is 8.42 Å². The predicted octanol–water partition coefficient (Wildman–Crippen LogP) is 3.01. The molecule has 1 unspecified atom stereocenters. The normalized spacial score (nSPS) is 16.7. The predicted molar refractivity (Wildman–Crippen MR) is 85.4 cm³/mol. The largest absolute Gasteiger partial charge is 0.493 e. The molecule has 3 rings (SSSR count). The average Bonchev–Trinajstić information content (AvgIpc) is 2.98. The van der Waals surface area contributed by atoms with Crippen LogP contribution >= 0.6 is 0 Å². The van der Waals surface area contributed by atoms with Crippen LogP contribution in [-0.4, -0.2) is 22.6 Å². The van der Waals surface area contributed by atoms with Gasteiger partial charge in [-0.15, -0.1) is 0 Å². The summed E-state index contributed by atoms with van der Waals surface area (Å²) in [6.07, 6.45) is 0.198. The van der Waals surface area contributed by atoms with Crippen LogP contribution in [-0.2, 0) is 20.7 Å². The molecule has 2 aromatic rings. The highest BCUT2D eigenvalue weighted by Gasteiger charge is 2.31. The standard InChI is InChI=1S/C17H18O5S/c1-11-7-8-16(23(18,19)21-3)13(9-11)15-10-12-5-4-6-14(20-2)17(12)22-15/h4-9,15H,10H2,1-3H3. The van der Waals surface area contributed by atoms with E-state index in [1.807, 2.05) is 31.2 Å². The summed E-state index contributed by atoms with van der Waals surface area (Å²) in [6.45, 7) is 1.91. The van der Waals surface area contributed by atoms with Crippen molar-refractivity contribution in [3.63, 3.8) is 0 Å². The number of aryl methyl sites for hydroxylation is 1. The molecule has 0 aromatic heterocycles. The first-order valence-electron chi connectivity index (χ1n) is 7.20. The Bertz CT molecular complexity index is 842. The molecule has 0 spiro atoms. The van der Waals surface area contributed by atoms with Gasteiger partial charge in [0.25, 0.3) is 10.1 Å². The van der Waals surface area contributed by atoms with Gasteiger partial charge in [0.05, 0.1) is 14.2 Å². The van der Waals surface area contributed by atoms with E-state index in [1.165, 1.54) is 0 Å². The van der Waals surface area contributed by atoms with Gasteiger partial charge >= 0.3 is 0 Å². The van der Waals surface area contributed by atoms with E-state index in [-0.39, 0.29) is 11.0 Å². The number of benzene rings is 2. The Morgan fingerprint density at radius 3 is 2.65 bits per heavy atom. The van der Waals surface area contributed by atoms with Crippen molar-refractivity contribution in [3.05, 3.63) is 53.1 Å². The molecule has 0 bridgehead atoms. The van der Waals surface area contributed by atoms with Crippen LogP contribution in [0.1, 0.15) is 22.8 Å². The van der Waals surface area contributed by atoms with Crippen molar-refractivity contribution in [2.45, 2.75) is 24.3 Å². The van der Waals surface area contributed by atoms with Crippen LogP contribution in [0.2, 0.25) is 0 Å². The third-order valence-electron chi connectivity index (χ3n) is 3.95. The van der Waals surface area contributed by atoms with Gasteiger partial charge in [0.1, 0.15) is 11.0 Å². The molecule has 23 heavy (non-hydrogen) atoms. The zero-order valence-electron chi connectivity index (χ0n) is 13.2. The summed E-state index contributed by atoms with van der Waals surface area (Å²) >= 11 is 0. The average molecular weight is 334 g/mol. The van der Waals surface area contributed by atoms with E-state index in [2.05, 4.69) is 4.18 Å². The Balaban J connectivity index is 2.06. The van der Waals surface area contributed by atoms with Crippen molar-refractivity contribution in [2.24, 2.45) is 0 Å². The van der Waals surface area contributed by atoms with Crippen LogP contribution in [0, 0.1) is 6.92 Å². The summed E-state index contributed by atoms with van der Waals surface area (Å²) in [7, 11) is -1.06. The molecule has 0 N–H and O–H groups in total. The van der Waals surface area contributed by atoms with Crippen LogP contribution < -0.4 is 9.47 Å². The summed E-state index contributed by atoms with van der Waals surface area (Å²) in [4.78, 5) is 0.141. The van der Waals surface area contributed by atoms with E-state index in [4.69, 9.17) is 9.47 Å². The lowest BCUT2D eigenvalue weighted by molar-refractivity contribution is 0.225. The second-order valence-electron chi connectivity index (χ2n) is 5.42. The quantitative estimate of drug-likeness (QED) is 0.804. The maximum Gasteiger partial charge on any atom is 0.297 e. The van der Waals surface area contributed by atoms with Crippen LogP contribution in [0.4, 0.5) is 0 Å². The van der Waals surface area contributed by atoms with Crippen LogP contribution in [0.15, 0.2) is 41.3 Å². The molecule has 1 atom stereocenters. The summed E-state index contributed by atoms with van der Waals surface area (Å²) in [5.74, 6) is 1.32. The lowest BCUT2D eigenvalue weighted by Gasteiger charge is -2.16. The van der Waals surface area contributed by atoms with Crippen molar-refractivity contribution < 1.29 is 22.1 Å². The number of methoxy groups -OCH3 is 1. The van der Waals surface area contributed by atoms with Crippen molar-refractivity contribution in [3.8, 4) is 11.5 Å². The summed E-state index contributed by atoms with van der Waals surface area (Å²) in [5, 5.41) is 0. The maximum atomic E-state index is 12.2. The van der Waals surface area contributed by atoms with Crippen molar-refractivity contribution in [2.75, 3.05) is 14.2 Å². The van der Waals surface area contributed by atoms with Gasteiger partial charge in [-0.1, -0.05) is 29.8 Å². The Labute approximate surface area is 135 Å². The zero-order valence-corrected chi connectivity index (χ0v) is 14.0. The molecular weight excluding hydrogens is 316 g/mol. The highest BCUT2D eigenvalue weighted by molar-refractivity contribution is 7.86. The molecule has 0 fully saturated rings. The summed E-state index contributed by atoms with van der Waals surface area (Å²) in [6, 6.07) is 10.8. The van der Waals surface area contributed by atoms with Crippen molar-refractivity contribution >= 4 is 10.1 Å². The number of ether oxygens (including phenoxy) is 2. The minimum absolute atomic E-state index is 0.141. The Morgan fingerprint density at radius 2 is 1.96 bits per heavy atom. The number of hydrogen-bond acceptors (Lipinski definition) is 5. The highest BCUT2D eigenvalue weighted by atomic mass is 32.2. The third-order valence-corrected chi connectivity index (χ3v) is 5.30. The molecule has 0 saturated carbocycles. The molecule has 0 aliphatic carbocycles. The van der Waals surface area contributed by atoms with Crippen molar-refractivity contribution in [1.82, 2.24) is 0 Å². The first-order chi connectivity index (χ1) is 11.0. The molecule has 1 aliphatic heterocycles. The van der Waals surface area contributed by atoms with E-state index in [0.29, 0.717) is 23.5 Å². The van der Waals surface area contributed by atoms with E-state index < -0.39 is 10.1 Å². The number of hydrogen-bond donors (Lipinski definition) is 0.